The highest BCUT2D eigenvalue weighted by Crippen LogP contribution is 2.36. The molecular weight excluding hydrogens is 369 g/mol. The Morgan fingerprint density at radius 3 is 2.52 bits per heavy atom. The molecule has 2 N–H and O–H groups in total. The number of halogens is 2. The van der Waals surface area contributed by atoms with Crippen molar-refractivity contribution in [2.24, 2.45) is 5.73 Å². The van der Waals surface area contributed by atoms with Crippen LogP contribution in [-0.2, 0) is 12.1 Å². The number of nitrogens with zero attached hydrogens (tertiary/aromatic N) is 2. The third kappa shape index (κ3) is 4.12. The van der Waals surface area contributed by atoms with Crippen LogP contribution in [0.1, 0.15) is 37.1 Å². The molecule has 0 aliphatic heterocycles. The Labute approximate surface area is 163 Å². The first-order chi connectivity index (χ1) is 12.6. The van der Waals surface area contributed by atoms with E-state index in [9.17, 15) is 4.39 Å². The van der Waals surface area contributed by atoms with Gasteiger partial charge in [-0.2, -0.15) is 4.98 Å². The predicted octanol–water partition coefficient (Wildman–Crippen LogP) is 4.60. The van der Waals surface area contributed by atoms with Gasteiger partial charge in [0.25, 0.3) is 5.89 Å². The van der Waals surface area contributed by atoms with Crippen molar-refractivity contribution >= 4 is 12.4 Å². The molecule has 1 aliphatic carbocycles. The molecule has 3 aromatic rings. The topological polar surface area (TPSA) is 74.2 Å². The molecule has 1 aliphatic rings. The molecule has 0 unspecified atom stereocenters. The fourth-order valence-electron chi connectivity index (χ4n) is 3.28. The van der Waals surface area contributed by atoms with E-state index in [0.717, 1.165) is 36.8 Å². The van der Waals surface area contributed by atoms with Crippen molar-refractivity contribution in [1.29, 1.82) is 0 Å². The van der Waals surface area contributed by atoms with Crippen LogP contribution in [0.5, 0.6) is 5.75 Å². The Bertz CT molecular complexity index is 892. The highest BCUT2D eigenvalue weighted by molar-refractivity contribution is 5.85. The van der Waals surface area contributed by atoms with Crippen LogP contribution in [0.15, 0.2) is 53.1 Å². The van der Waals surface area contributed by atoms with Gasteiger partial charge in [-0.1, -0.05) is 42.3 Å². The van der Waals surface area contributed by atoms with Gasteiger partial charge in [0.2, 0.25) is 0 Å². The second-order valence-corrected chi connectivity index (χ2v) is 6.70. The number of hydrogen-bond donors (Lipinski definition) is 1. The summed E-state index contributed by atoms with van der Waals surface area (Å²) in [5.41, 5.74) is 7.51. The smallest absolute Gasteiger partial charge is 0.261 e. The van der Waals surface area contributed by atoms with Gasteiger partial charge >= 0.3 is 0 Å². The molecule has 142 valence electrons. The molecule has 0 amide bonds. The number of hydrogen-bond acceptors (Lipinski definition) is 5. The number of aromatic nitrogens is 2. The summed E-state index contributed by atoms with van der Waals surface area (Å²) in [7, 11) is 0. The fraction of sp³-hybridized carbons (Fsp3) is 0.300. The molecule has 1 saturated carbocycles. The van der Waals surface area contributed by atoms with Crippen molar-refractivity contribution in [3.8, 4) is 17.2 Å². The molecule has 1 aromatic heterocycles. The number of ether oxygens (including phenoxy) is 1. The lowest BCUT2D eigenvalue weighted by Gasteiger charge is -2.17. The van der Waals surface area contributed by atoms with Crippen LogP contribution in [0.4, 0.5) is 4.39 Å². The van der Waals surface area contributed by atoms with Gasteiger partial charge < -0.3 is 15.0 Å². The minimum atomic E-state index is -0.494. The third-order valence-electron chi connectivity index (χ3n) is 4.79. The summed E-state index contributed by atoms with van der Waals surface area (Å²) in [5, 5.41) is 4.11. The first-order valence-corrected chi connectivity index (χ1v) is 8.74. The molecular formula is C20H21ClFN3O2. The Balaban J connectivity index is 0.00000210. The quantitative estimate of drug-likeness (QED) is 0.690. The van der Waals surface area contributed by atoms with Crippen LogP contribution in [-0.4, -0.2) is 10.1 Å². The van der Waals surface area contributed by atoms with Crippen LogP contribution >= 0.6 is 12.4 Å². The predicted molar refractivity (Wildman–Crippen MR) is 102 cm³/mol. The number of nitrogens with two attached hydrogens (primary N) is 1. The van der Waals surface area contributed by atoms with Crippen molar-refractivity contribution in [3.05, 3.63) is 65.7 Å². The van der Waals surface area contributed by atoms with Gasteiger partial charge in [-0.25, -0.2) is 4.39 Å². The van der Waals surface area contributed by atoms with Gasteiger partial charge in [-0.05, 0) is 42.7 Å². The average molecular weight is 390 g/mol. The summed E-state index contributed by atoms with van der Waals surface area (Å²) in [4.78, 5) is 4.53. The summed E-state index contributed by atoms with van der Waals surface area (Å²) in [6.45, 7) is 0.319. The van der Waals surface area contributed by atoms with Crippen LogP contribution in [0.2, 0.25) is 0 Å². The molecule has 0 radical (unpaired) electrons. The zero-order chi connectivity index (χ0) is 18.0. The molecule has 2 aromatic carbocycles. The minimum Gasteiger partial charge on any atom is -0.488 e. The zero-order valence-corrected chi connectivity index (χ0v) is 15.5. The highest BCUT2D eigenvalue weighted by Gasteiger charge is 2.36. The lowest BCUT2D eigenvalue weighted by atomic mass is 9.99. The van der Waals surface area contributed by atoms with Crippen LogP contribution in [0.25, 0.3) is 11.5 Å². The Morgan fingerprint density at radius 2 is 1.78 bits per heavy atom. The van der Waals surface area contributed by atoms with E-state index >= 15 is 0 Å². The van der Waals surface area contributed by atoms with Crippen molar-refractivity contribution in [2.75, 3.05) is 0 Å². The molecule has 0 saturated heterocycles. The molecule has 0 spiro atoms. The molecule has 27 heavy (non-hydrogen) atoms. The van der Waals surface area contributed by atoms with E-state index in [1.54, 1.807) is 12.1 Å². The molecule has 0 bridgehead atoms. The number of para-hydroxylation sites is 1. The van der Waals surface area contributed by atoms with Crippen molar-refractivity contribution in [3.63, 3.8) is 0 Å². The third-order valence-corrected chi connectivity index (χ3v) is 4.79. The van der Waals surface area contributed by atoms with Gasteiger partial charge in [0, 0.05) is 0 Å². The molecule has 0 atom stereocenters. The van der Waals surface area contributed by atoms with Crippen LogP contribution < -0.4 is 10.5 Å². The van der Waals surface area contributed by atoms with E-state index in [-0.39, 0.29) is 18.2 Å². The lowest BCUT2D eigenvalue weighted by Crippen LogP contribution is -2.34. The summed E-state index contributed by atoms with van der Waals surface area (Å²) in [6, 6.07) is 13.7. The molecule has 4 rings (SSSR count). The van der Waals surface area contributed by atoms with Crippen LogP contribution in [0, 0.1) is 5.82 Å². The average Bonchev–Trinajstić information content (AvgIpc) is 3.32. The molecule has 1 heterocycles. The largest absolute Gasteiger partial charge is 0.488 e. The second-order valence-electron chi connectivity index (χ2n) is 6.70. The minimum absolute atomic E-state index is 0. The van der Waals surface area contributed by atoms with Gasteiger partial charge in [-0.15, -0.1) is 12.4 Å². The van der Waals surface area contributed by atoms with E-state index in [1.165, 1.54) is 12.1 Å². The first-order valence-electron chi connectivity index (χ1n) is 8.74. The SMILES string of the molecule is Cl.NC1(c2noc(-c3ccccc3OCc3ccc(F)cc3)n2)CCCC1. The maximum absolute atomic E-state index is 13.0. The normalized spacial score (nSPS) is 15.3. The van der Waals surface area contributed by atoms with Crippen molar-refractivity contribution in [1.82, 2.24) is 10.1 Å². The Morgan fingerprint density at radius 1 is 1.07 bits per heavy atom. The second kappa shape index (κ2) is 8.06. The van der Waals surface area contributed by atoms with E-state index in [0.29, 0.717) is 24.1 Å². The summed E-state index contributed by atoms with van der Waals surface area (Å²) >= 11 is 0. The van der Waals surface area contributed by atoms with Gasteiger partial charge in [0.05, 0.1) is 11.1 Å². The zero-order valence-electron chi connectivity index (χ0n) is 14.7. The Hall–Kier alpha value is -2.44. The molecule has 7 heteroatoms. The fourth-order valence-corrected chi connectivity index (χ4v) is 3.28. The summed E-state index contributed by atoms with van der Waals surface area (Å²) in [6.07, 6.45) is 3.90. The van der Waals surface area contributed by atoms with E-state index in [1.807, 2.05) is 24.3 Å². The van der Waals surface area contributed by atoms with E-state index < -0.39 is 5.54 Å². The van der Waals surface area contributed by atoms with Crippen LogP contribution in [0.3, 0.4) is 0 Å². The monoisotopic (exact) mass is 389 g/mol. The van der Waals surface area contributed by atoms with Gasteiger partial charge in [0.1, 0.15) is 18.2 Å². The first kappa shape index (κ1) is 19.3. The lowest BCUT2D eigenvalue weighted by molar-refractivity contribution is 0.305. The summed E-state index contributed by atoms with van der Waals surface area (Å²) in [5.74, 6) is 1.31. The molecule has 1 fully saturated rings. The highest BCUT2D eigenvalue weighted by atomic mass is 35.5. The van der Waals surface area contributed by atoms with E-state index in [2.05, 4.69) is 10.1 Å². The maximum Gasteiger partial charge on any atom is 0.261 e. The van der Waals surface area contributed by atoms with Crippen molar-refractivity contribution < 1.29 is 13.7 Å². The maximum atomic E-state index is 13.0. The van der Waals surface area contributed by atoms with E-state index in [4.69, 9.17) is 15.0 Å². The number of rotatable bonds is 5. The number of benzene rings is 2. The van der Waals surface area contributed by atoms with Crippen molar-refractivity contribution in [2.45, 2.75) is 37.8 Å². The van der Waals surface area contributed by atoms with Gasteiger partial charge in [0.15, 0.2) is 5.82 Å². The summed E-state index contributed by atoms with van der Waals surface area (Å²) < 4.78 is 24.4. The molecule has 5 nitrogen and oxygen atoms in total. The Kier molecular flexibility index (Phi) is 5.77. The van der Waals surface area contributed by atoms with Gasteiger partial charge in [-0.3, -0.25) is 0 Å². The standard InChI is InChI=1S/C20H20FN3O2.ClH/c21-15-9-7-14(8-10-15)13-25-17-6-2-1-5-16(17)18-23-19(24-26-18)20(22)11-3-4-12-20;/h1-2,5-10H,3-4,11-13,22H2;1H.